The van der Waals surface area contributed by atoms with Crippen LogP contribution in [0.15, 0.2) is 33.5 Å². The van der Waals surface area contributed by atoms with E-state index in [4.69, 9.17) is 4.42 Å². The molecule has 124 valence electrons. The zero-order valence-electron chi connectivity index (χ0n) is 13.4. The number of ether oxygens (including phenoxy) is 1. The van der Waals surface area contributed by atoms with Gasteiger partial charge in [-0.1, -0.05) is 19.1 Å². The van der Waals surface area contributed by atoms with Gasteiger partial charge in [-0.15, -0.1) is 0 Å². The molecule has 2 aromatic rings. The fourth-order valence-corrected chi connectivity index (χ4v) is 2.41. The van der Waals surface area contributed by atoms with E-state index in [2.05, 4.69) is 4.74 Å². The Bertz CT molecular complexity index is 761. The molecular formula is C16H20N2O5. The minimum absolute atomic E-state index is 0.147. The number of oxazole rings is 1. The molecular weight excluding hydrogens is 300 g/mol. The first-order chi connectivity index (χ1) is 10.9. The van der Waals surface area contributed by atoms with Crippen LogP contribution in [0.3, 0.4) is 0 Å². The van der Waals surface area contributed by atoms with E-state index in [0.717, 1.165) is 0 Å². The van der Waals surface area contributed by atoms with Gasteiger partial charge in [-0.25, -0.2) is 4.79 Å². The Balaban J connectivity index is 1.99. The van der Waals surface area contributed by atoms with Gasteiger partial charge in [0.15, 0.2) is 5.58 Å². The van der Waals surface area contributed by atoms with E-state index in [0.29, 0.717) is 11.1 Å². The standard InChI is InChI=1S/C16H20N2O5/c1-11(15(20)22-3)10-17(2)14(19)8-9-18-12-6-4-5-7-13(12)23-16(18)21/h4-7,11H,8-10H2,1-3H3. The Kier molecular flexibility index (Phi) is 5.20. The zero-order valence-corrected chi connectivity index (χ0v) is 13.4. The highest BCUT2D eigenvalue weighted by atomic mass is 16.5. The molecule has 1 aromatic heterocycles. The second-order valence-corrected chi connectivity index (χ2v) is 5.44. The maximum absolute atomic E-state index is 12.2. The van der Waals surface area contributed by atoms with Crippen LogP contribution >= 0.6 is 0 Å². The fraction of sp³-hybridized carbons (Fsp3) is 0.438. The maximum Gasteiger partial charge on any atom is 0.419 e. The number of hydrogen-bond donors (Lipinski definition) is 0. The van der Waals surface area contributed by atoms with Crippen molar-refractivity contribution in [1.82, 2.24) is 9.47 Å². The highest BCUT2D eigenvalue weighted by molar-refractivity contribution is 5.78. The summed E-state index contributed by atoms with van der Waals surface area (Å²) in [6.45, 7) is 2.20. The van der Waals surface area contributed by atoms with Crippen LogP contribution in [-0.2, 0) is 20.9 Å². The second kappa shape index (κ2) is 7.13. The number of hydrogen-bond acceptors (Lipinski definition) is 5. The topological polar surface area (TPSA) is 81.8 Å². The summed E-state index contributed by atoms with van der Waals surface area (Å²) in [6, 6.07) is 7.06. The Morgan fingerprint density at radius 2 is 2.04 bits per heavy atom. The van der Waals surface area contributed by atoms with Crippen molar-refractivity contribution >= 4 is 23.0 Å². The predicted molar refractivity (Wildman–Crippen MR) is 83.9 cm³/mol. The van der Waals surface area contributed by atoms with Crippen LogP contribution in [0.25, 0.3) is 11.1 Å². The Morgan fingerprint density at radius 3 is 2.74 bits per heavy atom. The summed E-state index contributed by atoms with van der Waals surface area (Å²) in [5.41, 5.74) is 1.16. The number of amides is 1. The number of aryl methyl sites for hydroxylation is 1. The third-order valence-corrected chi connectivity index (χ3v) is 3.70. The van der Waals surface area contributed by atoms with Gasteiger partial charge in [0.05, 0.1) is 18.5 Å². The van der Waals surface area contributed by atoms with Crippen LogP contribution in [0.4, 0.5) is 0 Å². The number of nitrogens with zero attached hydrogens (tertiary/aromatic N) is 2. The molecule has 1 unspecified atom stereocenters. The number of carbonyl (C=O) groups is 2. The van der Waals surface area contributed by atoms with Crippen LogP contribution in [0.2, 0.25) is 0 Å². The first-order valence-corrected chi connectivity index (χ1v) is 7.34. The zero-order chi connectivity index (χ0) is 17.0. The fourth-order valence-electron chi connectivity index (χ4n) is 2.41. The number of aromatic nitrogens is 1. The normalized spacial score (nSPS) is 12.1. The average Bonchev–Trinajstić information content (AvgIpc) is 2.86. The van der Waals surface area contributed by atoms with E-state index in [9.17, 15) is 14.4 Å². The summed E-state index contributed by atoms with van der Waals surface area (Å²) in [5, 5.41) is 0. The molecule has 0 aliphatic rings. The lowest BCUT2D eigenvalue weighted by atomic mass is 10.1. The molecule has 2 rings (SSSR count). The summed E-state index contributed by atoms with van der Waals surface area (Å²) in [7, 11) is 2.94. The van der Waals surface area contributed by atoms with Gasteiger partial charge in [-0.3, -0.25) is 14.2 Å². The second-order valence-electron chi connectivity index (χ2n) is 5.44. The molecule has 7 heteroatoms. The lowest BCUT2D eigenvalue weighted by Crippen LogP contribution is -2.35. The van der Waals surface area contributed by atoms with Gasteiger partial charge in [-0.2, -0.15) is 0 Å². The van der Waals surface area contributed by atoms with E-state index in [1.165, 1.54) is 16.6 Å². The summed E-state index contributed by atoms with van der Waals surface area (Å²) in [5.74, 6) is -1.39. The van der Waals surface area contributed by atoms with Gasteiger partial charge in [0.1, 0.15) is 0 Å². The minimum Gasteiger partial charge on any atom is -0.469 e. The van der Waals surface area contributed by atoms with Crippen molar-refractivity contribution in [2.24, 2.45) is 5.92 Å². The molecule has 1 atom stereocenters. The number of carbonyl (C=O) groups excluding carboxylic acids is 2. The molecule has 0 N–H and O–H groups in total. The quantitative estimate of drug-likeness (QED) is 0.748. The van der Waals surface area contributed by atoms with Crippen molar-refractivity contribution < 1.29 is 18.7 Å². The molecule has 7 nitrogen and oxygen atoms in total. The van der Waals surface area contributed by atoms with Gasteiger partial charge in [0, 0.05) is 26.6 Å². The van der Waals surface area contributed by atoms with E-state index < -0.39 is 11.7 Å². The lowest BCUT2D eigenvalue weighted by molar-refractivity contribution is -0.146. The minimum atomic E-state index is -0.482. The molecule has 0 radical (unpaired) electrons. The van der Waals surface area contributed by atoms with Crippen LogP contribution in [0.5, 0.6) is 0 Å². The molecule has 0 saturated heterocycles. The van der Waals surface area contributed by atoms with Gasteiger partial charge >= 0.3 is 11.7 Å². The van der Waals surface area contributed by atoms with E-state index in [1.54, 1.807) is 38.2 Å². The molecule has 1 aromatic carbocycles. The highest BCUT2D eigenvalue weighted by Gasteiger charge is 2.19. The van der Waals surface area contributed by atoms with Crippen LogP contribution in [0, 0.1) is 5.92 Å². The van der Waals surface area contributed by atoms with Crippen LogP contribution < -0.4 is 5.76 Å². The van der Waals surface area contributed by atoms with E-state index in [1.807, 2.05) is 0 Å². The molecule has 0 aliphatic heterocycles. The summed E-state index contributed by atoms with van der Waals surface area (Å²) in [4.78, 5) is 36.9. The van der Waals surface area contributed by atoms with Gasteiger partial charge in [-0.05, 0) is 12.1 Å². The highest BCUT2D eigenvalue weighted by Crippen LogP contribution is 2.12. The molecule has 1 heterocycles. The molecule has 23 heavy (non-hydrogen) atoms. The third-order valence-electron chi connectivity index (χ3n) is 3.70. The Labute approximate surface area is 133 Å². The number of esters is 1. The summed E-state index contributed by atoms with van der Waals surface area (Å²) >= 11 is 0. The Morgan fingerprint density at radius 1 is 1.35 bits per heavy atom. The summed E-state index contributed by atoms with van der Waals surface area (Å²) in [6.07, 6.45) is 0.147. The molecule has 0 fully saturated rings. The molecule has 0 spiro atoms. The van der Waals surface area contributed by atoms with Crippen molar-refractivity contribution in [2.45, 2.75) is 19.9 Å². The summed E-state index contributed by atoms with van der Waals surface area (Å²) < 4.78 is 11.2. The maximum atomic E-state index is 12.2. The van der Waals surface area contributed by atoms with E-state index in [-0.39, 0.29) is 31.4 Å². The number of rotatable bonds is 6. The van der Waals surface area contributed by atoms with Gasteiger partial charge in [0.25, 0.3) is 0 Å². The monoisotopic (exact) mass is 320 g/mol. The van der Waals surface area contributed by atoms with Crippen LogP contribution in [0.1, 0.15) is 13.3 Å². The van der Waals surface area contributed by atoms with Crippen molar-refractivity contribution in [1.29, 1.82) is 0 Å². The van der Waals surface area contributed by atoms with Gasteiger partial charge < -0.3 is 14.1 Å². The van der Waals surface area contributed by atoms with Crippen molar-refractivity contribution in [3.05, 3.63) is 34.8 Å². The number of benzene rings is 1. The first kappa shape index (κ1) is 16.8. The SMILES string of the molecule is COC(=O)C(C)CN(C)C(=O)CCn1c(=O)oc2ccccc21. The largest absolute Gasteiger partial charge is 0.469 e. The molecule has 0 saturated carbocycles. The lowest BCUT2D eigenvalue weighted by Gasteiger charge is -2.20. The average molecular weight is 320 g/mol. The van der Waals surface area contributed by atoms with Crippen molar-refractivity contribution in [2.75, 3.05) is 20.7 Å². The Hall–Kier alpha value is -2.57. The number of para-hydroxylation sites is 2. The number of fused-ring (bicyclic) bond motifs is 1. The van der Waals surface area contributed by atoms with Gasteiger partial charge in [0.2, 0.25) is 5.91 Å². The first-order valence-electron chi connectivity index (χ1n) is 7.34. The van der Waals surface area contributed by atoms with Crippen molar-refractivity contribution in [3.8, 4) is 0 Å². The molecule has 1 amide bonds. The predicted octanol–water partition coefficient (Wildman–Crippen LogP) is 1.25. The third kappa shape index (κ3) is 3.80. The smallest absolute Gasteiger partial charge is 0.419 e. The number of methoxy groups -OCH3 is 1. The van der Waals surface area contributed by atoms with E-state index >= 15 is 0 Å². The van der Waals surface area contributed by atoms with Crippen molar-refractivity contribution in [3.63, 3.8) is 0 Å². The molecule has 0 aliphatic carbocycles. The van der Waals surface area contributed by atoms with Crippen LogP contribution in [-0.4, -0.2) is 42.0 Å². The molecule has 0 bridgehead atoms.